The molecular formula is C15H23BFNO2. The van der Waals surface area contributed by atoms with E-state index in [1.807, 2.05) is 48.5 Å². The van der Waals surface area contributed by atoms with Gasteiger partial charge < -0.3 is 9.31 Å². The maximum atomic E-state index is 14.2. The van der Waals surface area contributed by atoms with Gasteiger partial charge in [-0.3, -0.25) is 0 Å². The van der Waals surface area contributed by atoms with E-state index >= 15 is 0 Å². The monoisotopic (exact) mass is 279 g/mol. The van der Waals surface area contributed by atoms with E-state index in [0.717, 1.165) is 0 Å². The Balaban J connectivity index is 2.31. The van der Waals surface area contributed by atoms with Crippen molar-refractivity contribution in [2.45, 2.75) is 65.1 Å². The molecule has 3 nitrogen and oxygen atoms in total. The summed E-state index contributed by atoms with van der Waals surface area (Å²) in [6.45, 7) is 13.7. The highest BCUT2D eigenvalue weighted by atomic mass is 19.1. The molecule has 0 atom stereocenters. The number of pyridine rings is 1. The molecule has 1 aromatic heterocycles. The zero-order valence-corrected chi connectivity index (χ0v) is 13.4. The lowest BCUT2D eigenvalue weighted by atomic mass is 9.82. The third kappa shape index (κ3) is 2.61. The maximum absolute atomic E-state index is 14.2. The average Bonchev–Trinajstić information content (AvgIpc) is 2.46. The lowest BCUT2D eigenvalue weighted by molar-refractivity contribution is 0.00578. The normalized spacial score (nSPS) is 21.3. The summed E-state index contributed by atoms with van der Waals surface area (Å²) >= 11 is 0. The fourth-order valence-corrected chi connectivity index (χ4v) is 2.10. The second-order valence-corrected chi connectivity index (χ2v) is 7.41. The van der Waals surface area contributed by atoms with Gasteiger partial charge in [-0.25, -0.2) is 4.98 Å². The first kappa shape index (κ1) is 15.5. The molecule has 1 fully saturated rings. The van der Waals surface area contributed by atoms with Crippen molar-refractivity contribution in [1.82, 2.24) is 4.98 Å². The predicted octanol–water partition coefficient (Wildman–Crippen LogP) is 2.82. The Morgan fingerprint density at radius 2 is 1.55 bits per heavy atom. The van der Waals surface area contributed by atoms with Crippen LogP contribution < -0.4 is 5.59 Å². The number of hydrogen-bond donors (Lipinski definition) is 0. The fraction of sp³-hybridized carbons (Fsp3) is 0.667. The first-order valence-electron chi connectivity index (χ1n) is 6.97. The lowest BCUT2D eigenvalue weighted by Crippen LogP contribution is -2.41. The topological polar surface area (TPSA) is 31.4 Å². The Hall–Kier alpha value is -0.935. The fourth-order valence-electron chi connectivity index (χ4n) is 2.10. The van der Waals surface area contributed by atoms with E-state index in [1.165, 1.54) is 0 Å². The maximum Gasteiger partial charge on any atom is 0.514 e. The van der Waals surface area contributed by atoms with Crippen molar-refractivity contribution in [2.75, 3.05) is 0 Å². The van der Waals surface area contributed by atoms with E-state index in [4.69, 9.17) is 9.31 Å². The van der Waals surface area contributed by atoms with Gasteiger partial charge in [-0.1, -0.05) is 26.8 Å². The molecule has 110 valence electrons. The molecule has 0 unspecified atom stereocenters. The van der Waals surface area contributed by atoms with E-state index in [9.17, 15) is 4.39 Å². The summed E-state index contributed by atoms with van der Waals surface area (Å²) in [4.78, 5) is 4.04. The Kier molecular flexibility index (Phi) is 3.50. The van der Waals surface area contributed by atoms with E-state index in [0.29, 0.717) is 11.2 Å². The average molecular weight is 279 g/mol. The molecule has 1 aromatic rings. The van der Waals surface area contributed by atoms with Crippen LogP contribution in [0.15, 0.2) is 12.1 Å². The summed E-state index contributed by atoms with van der Waals surface area (Å²) in [6.07, 6.45) is 0. The Morgan fingerprint density at radius 1 is 1.05 bits per heavy atom. The first-order valence-corrected chi connectivity index (χ1v) is 6.97. The van der Waals surface area contributed by atoms with Crippen LogP contribution in [0, 0.1) is 5.95 Å². The molecule has 0 aromatic carbocycles. The molecule has 0 saturated carbocycles. The van der Waals surface area contributed by atoms with Gasteiger partial charge in [-0.2, -0.15) is 4.39 Å². The highest BCUT2D eigenvalue weighted by molar-refractivity contribution is 6.61. The minimum atomic E-state index is -0.622. The Labute approximate surface area is 121 Å². The SMILES string of the molecule is CC(C)(C)c1ccc(B2OC(C)(C)C(C)(C)O2)nc1F. The van der Waals surface area contributed by atoms with Crippen molar-refractivity contribution in [1.29, 1.82) is 0 Å². The molecular weight excluding hydrogens is 256 g/mol. The number of hydrogen-bond acceptors (Lipinski definition) is 3. The molecule has 0 bridgehead atoms. The molecule has 2 rings (SSSR count). The summed E-state index contributed by atoms with van der Waals surface area (Å²) in [5.41, 5.74) is -0.0882. The third-order valence-corrected chi connectivity index (χ3v) is 4.17. The van der Waals surface area contributed by atoms with Crippen LogP contribution >= 0.6 is 0 Å². The molecule has 0 spiro atoms. The van der Waals surface area contributed by atoms with Gasteiger partial charge in [-0.15, -0.1) is 0 Å². The number of halogens is 1. The zero-order valence-electron chi connectivity index (χ0n) is 13.4. The molecule has 0 amide bonds. The van der Waals surface area contributed by atoms with Crippen LogP contribution in [0.5, 0.6) is 0 Å². The number of rotatable bonds is 1. The lowest BCUT2D eigenvalue weighted by Gasteiger charge is -2.32. The van der Waals surface area contributed by atoms with Crippen molar-refractivity contribution in [3.05, 3.63) is 23.6 Å². The molecule has 2 heterocycles. The van der Waals surface area contributed by atoms with Crippen molar-refractivity contribution in [3.8, 4) is 0 Å². The van der Waals surface area contributed by atoms with Gasteiger partial charge in [0.05, 0.1) is 16.8 Å². The van der Waals surface area contributed by atoms with Crippen molar-refractivity contribution >= 4 is 12.7 Å². The van der Waals surface area contributed by atoms with Gasteiger partial charge in [0, 0.05) is 5.56 Å². The molecule has 20 heavy (non-hydrogen) atoms. The number of nitrogens with zero attached hydrogens (tertiary/aromatic N) is 1. The van der Waals surface area contributed by atoms with E-state index in [-0.39, 0.29) is 5.41 Å². The minimum Gasteiger partial charge on any atom is -0.398 e. The summed E-state index contributed by atoms with van der Waals surface area (Å²) in [7, 11) is -0.622. The van der Waals surface area contributed by atoms with E-state index in [2.05, 4.69) is 4.98 Å². The Bertz CT molecular complexity index is 507. The smallest absolute Gasteiger partial charge is 0.398 e. The van der Waals surface area contributed by atoms with Crippen LogP contribution in [-0.4, -0.2) is 23.3 Å². The molecule has 5 heteroatoms. The predicted molar refractivity (Wildman–Crippen MR) is 78.6 cm³/mol. The van der Waals surface area contributed by atoms with Gasteiger partial charge in [0.25, 0.3) is 0 Å². The van der Waals surface area contributed by atoms with Crippen LogP contribution in [0.2, 0.25) is 0 Å². The van der Waals surface area contributed by atoms with Gasteiger partial charge in [0.2, 0.25) is 5.95 Å². The molecule has 1 aliphatic rings. The number of aromatic nitrogens is 1. The highest BCUT2D eigenvalue weighted by Gasteiger charge is 2.52. The Morgan fingerprint density at radius 3 is 1.95 bits per heavy atom. The standard InChI is InChI=1S/C15H23BFNO2/c1-13(2,3)10-8-9-11(18-12(10)17)16-19-14(4,5)15(6,7)20-16/h8-9H,1-7H3. The first-order chi connectivity index (χ1) is 8.94. The molecule has 0 radical (unpaired) electrons. The third-order valence-electron chi connectivity index (χ3n) is 4.17. The van der Waals surface area contributed by atoms with Crippen LogP contribution in [0.1, 0.15) is 54.0 Å². The molecule has 0 aliphatic carbocycles. The largest absolute Gasteiger partial charge is 0.514 e. The summed E-state index contributed by atoms with van der Waals surface area (Å²) in [5, 5.41) is 0. The van der Waals surface area contributed by atoms with Gasteiger partial charge in [0.15, 0.2) is 0 Å². The molecule has 0 N–H and O–H groups in total. The van der Waals surface area contributed by atoms with Crippen LogP contribution in [-0.2, 0) is 14.7 Å². The summed E-state index contributed by atoms with van der Waals surface area (Å²) in [5.74, 6) is -0.454. The highest BCUT2D eigenvalue weighted by Crippen LogP contribution is 2.36. The van der Waals surface area contributed by atoms with Crippen LogP contribution in [0.25, 0.3) is 0 Å². The quantitative estimate of drug-likeness (QED) is 0.585. The van der Waals surface area contributed by atoms with Gasteiger partial charge in [0.1, 0.15) is 0 Å². The van der Waals surface area contributed by atoms with Crippen molar-refractivity contribution in [2.24, 2.45) is 0 Å². The van der Waals surface area contributed by atoms with Gasteiger partial charge >= 0.3 is 7.12 Å². The van der Waals surface area contributed by atoms with Crippen LogP contribution in [0.3, 0.4) is 0 Å². The van der Waals surface area contributed by atoms with Crippen LogP contribution in [0.4, 0.5) is 4.39 Å². The minimum absolute atomic E-state index is 0.272. The summed E-state index contributed by atoms with van der Waals surface area (Å²) in [6, 6.07) is 3.55. The second-order valence-electron chi connectivity index (χ2n) is 7.41. The van der Waals surface area contributed by atoms with Gasteiger partial charge in [-0.05, 0) is 39.2 Å². The van der Waals surface area contributed by atoms with E-state index < -0.39 is 24.3 Å². The summed E-state index contributed by atoms with van der Waals surface area (Å²) < 4.78 is 25.9. The van der Waals surface area contributed by atoms with Crippen molar-refractivity contribution < 1.29 is 13.7 Å². The zero-order chi connectivity index (χ0) is 15.3. The molecule has 1 aliphatic heterocycles. The molecule has 1 saturated heterocycles. The van der Waals surface area contributed by atoms with Crippen molar-refractivity contribution in [3.63, 3.8) is 0 Å². The second kappa shape index (κ2) is 4.53. The van der Waals surface area contributed by atoms with E-state index in [1.54, 1.807) is 12.1 Å².